The van der Waals surface area contributed by atoms with Crippen LogP contribution in [0.4, 0.5) is 5.69 Å². The number of anilines is 1. The first kappa shape index (κ1) is 12.4. The lowest BCUT2D eigenvalue weighted by molar-refractivity contribution is -0.142. The zero-order valence-corrected chi connectivity index (χ0v) is 11.3. The Kier molecular flexibility index (Phi) is 2.92. The van der Waals surface area contributed by atoms with E-state index in [-0.39, 0.29) is 17.5 Å². The van der Waals surface area contributed by atoms with Crippen molar-refractivity contribution in [3.05, 3.63) is 29.3 Å². The van der Waals surface area contributed by atoms with Crippen molar-refractivity contribution in [3.63, 3.8) is 0 Å². The highest BCUT2D eigenvalue weighted by molar-refractivity contribution is 6.30. The molecule has 1 atom stereocenters. The number of nitrogens with zero attached hydrogens (tertiary/aromatic N) is 2. The lowest BCUT2D eigenvalue weighted by atomic mass is 9.77. The molecule has 1 amide bonds. The van der Waals surface area contributed by atoms with Crippen LogP contribution in [-0.2, 0) is 4.79 Å². The number of β-lactam (4-membered cyclic amide) rings is 1. The van der Waals surface area contributed by atoms with Gasteiger partial charge in [-0.15, -0.1) is 0 Å². The molecule has 0 radical (unpaired) electrons. The maximum atomic E-state index is 12.1. The van der Waals surface area contributed by atoms with Gasteiger partial charge in [0.05, 0.1) is 5.41 Å². The maximum Gasteiger partial charge on any atom is 0.237 e. The first-order valence-corrected chi connectivity index (χ1v) is 5.99. The summed E-state index contributed by atoms with van der Waals surface area (Å²) in [5.41, 5.74) is 0.570. The van der Waals surface area contributed by atoms with Gasteiger partial charge in [0.2, 0.25) is 5.91 Å². The van der Waals surface area contributed by atoms with Gasteiger partial charge in [-0.05, 0) is 52.2 Å². The van der Waals surface area contributed by atoms with E-state index in [2.05, 4.69) is 4.90 Å². The van der Waals surface area contributed by atoms with Crippen LogP contribution in [0, 0.1) is 5.41 Å². The molecule has 0 spiro atoms. The van der Waals surface area contributed by atoms with Crippen molar-refractivity contribution in [1.82, 2.24) is 4.90 Å². The second-order valence-electron chi connectivity index (χ2n) is 5.21. The molecule has 1 fully saturated rings. The molecule has 3 nitrogen and oxygen atoms in total. The molecule has 4 heteroatoms. The van der Waals surface area contributed by atoms with E-state index >= 15 is 0 Å². The minimum Gasteiger partial charge on any atom is -0.295 e. The minimum absolute atomic E-state index is 0.0937. The highest BCUT2D eigenvalue weighted by Gasteiger charge is 2.55. The Labute approximate surface area is 107 Å². The van der Waals surface area contributed by atoms with Crippen molar-refractivity contribution in [2.75, 3.05) is 19.0 Å². The van der Waals surface area contributed by atoms with Gasteiger partial charge in [-0.2, -0.15) is 0 Å². The summed E-state index contributed by atoms with van der Waals surface area (Å²) >= 11 is 5.86. The third-order valence-corrected chi connectivity index (χ3v) is 3.51. The molecule has 1 heterocycles. The summed E-state index contributed by atoms with van der Waals surface area (Å²) in [7, 11) is 3.98. The predicted molar refractivity (Wildman–Crippen MR) is 70.2 cm³/mol. The van der Waals surface area contributed by atoms with Crippen molar-refractivity contribution in [3.8, 4) is 0 Å². The summed E-state index contributed by atoms with van der Waals surface area (Å²) < 4.78 is 0. The Morgan fingerprint density at radius 1 is 1.24 bits per heavy atom. The van der Waals surface area contributed by atoms with Gasteiger partial charge in [0.25, 0.3) is 0 Å². The summed E-state index contributed by atoms with van der Waals surface area (Å²) in [6, 6.07) is 7.38. The molecule has 1 aliphatic heterocycles. The molecule has 92 valence electrons. The van der Waals surface area contributed by atoms with Crippen LogP contribution >= 0.6 is 11.6 Å². The van der Waals surface area contributed by atoms with Crippen molar-refractivity contribution in [1.29, 1.82) is 0 Å². The summed E-state index contributed by atoms with van der Waals surface area (Å²) in [6.45, 7) is 3.96. The number of amides is 1. The molecule has 1 unspecified atom stereocenters. The van der Waals surface area contributed by atoms with Crippen LogP contribution in [-0.4, -0.2) is 31.1 Å². The van der Waals surface area contributed by atoms with Crippen LogP contribution in [0.15, 0.2) is 24.3 Å². The minimum atomic E-state index is -0.330. The van der Waals surface area contributed by atoms with Crippen molar-refractivity contribution in [2.45, 2.75) is 20.0 Å². The first-order chi connectivity index (χ1) is 7.85. The highest BCUT2D eigenvalue weighted by Crippen LogP contribution is 2.42. The van der Waals surface area contributed by atoms with E-state index < -0.39 is 0 Å². The van der Waals surface area contributed by atoms with Crippen LogP contribution in [0.5, 0.6) is 0 Å². The monoisotopic (exact) mass is 252 g/mol. The molecule has 17 heavy (non-hydrogen) atoms. The largest absolute Gasteiger partial charge is 0.295 e. The van der Waals surface area contributed by atoms with Crippen molar-refractivity contribution >= 4 is 23.2 Å². The Morgan fingerprint density at radius 2 is 1.76 bits per heavy atom. The molecule has 1 aromatic carbocycles. The average molecular weight is 253 g/mol. The van der Waals surface area contributed by atoms with Gasteiger partial charge in [0.1, 0.15) is 6.17 Å². The Bertz CT molecular complexity index is 439. The van der Waals surface area contributed by atoms with Crippen LogP contribution < -0.4 is 4.90 Å². The summed E-state index contributed by atoms with van der Waals surface area (Å²) in [4.78, 5) is 16.0. The SMILES string of the molecule is CN(C)C1N(c2ccc(Cl)cc2)C(=O)C1(C)C. The zero-order valence-electron chi connectivity index (χ0n) is 10.6. The van der Waals surface area contributed by atoms with Crippen LogP contribution in [0.3, 0.4) is 0 Å². The summed E-state index contributed by atoms with van der Waals surface area (Å²) in [5.74, 6) is 0.151. The topological polar surface area (TPSA) is 23.6 Å². The lowest BCUT2D eigenvalue weighted by Gasteiger charge is -2.55. The van der Waals surface area contributed by atoms with Crippen molar-refractivity contribution < 1.29 is 4.79 Å². The maximum absolute atomic E-state index is 12.1. The van der Waals surface area contributed by atoms with Gasteiger partial charge in [0.15, 0.2) is 0 Å². The van der Waals surface area contributed by atoms with Gasteiger partial charge >= 0.3 is 0 Å². The fourth-order valence-electron chi connectivity index (χ4n) is 2.53. The van der Waals surface area contributed by atoms with Crippen LogP contribution in [0.2, 0.25) is 5.02 Å². The second-order valence-corrected chi connectivity index (χ2v) is 5.65. The second kappa shape index (κ2) is 4.00. The zero-order chi connectivity index (χ0) is 12.8. The van der Waals surface area contributed by atoms with E-state index in [0.717, 1.165) is 5.69 Å². The van der Waals surface area contributed by atoms with E-state index in [1.54, 1.807) is 0 Å². The molecule has 0 N–H and O–H groups in total. The third-order valence-electron chi connectivity index (χ3n) is 3.25. The number of carbonyl (C=O) groups excluding carboxylic acids is 1. The summed E-state index contributed by atoms with van der Waals surface area (Å²) in [5, 5.41) is 0.683. The Hall–Kier alpha value is -1.06. The van der Waals surface area contributed by atoms with Crippen LogP contribution in [0.25, 0.3) is 0 Å². The third kappa shape index (κ3) is 1.83. The molecular formula is C13H17ClN2O. The van der Waals surface area contributed by atoms with E-state index in [1.165, 1.54) is 0 Å². The number of benzene rings is 1. The molecule has 1 aliphatic rings. The number of hydrogen-bond donors (Lipinski definition) is 0. The summed E-state index contributed by atoms with van der Waals surface area (Å²) in [6.07, 6.45) is 0.0937. The fourth-order valence-corrected chi connectivity index (χ4v) is 2.65. The number of rotatable bonds is 2. The van der Waals surface area contributed by atoms with Gasteiger partial charge in [-0.1, -0.05) is 11.6 Å². The molecule has 0 saturated carbocycles. The number of halogens is 1. The van der Waals surface area contributed by atoms with Gasteiger partial charge in [0, 0.05) is 10.7 Å². The Balaban J connectivity index is 2.33. The molecular weight excluding hydrogens is 236 g/mol. The predicted octanol–water partition coefficient (Wildman–Crippen LogP) is 2.60. The standard InChI is InChI=1S/C13H17ClN2O/c1-13(2)11(15(3)4)16(12(13)17)10-7-5-9(14)6-8-10/h5-8,11H,1-4H3. The van der Waals surface area contributed by atoms with E-state index in [0.29, 0.717) is 5.02 Å². The first-order valence-electron chi connectivity index (χ1n) is 5.61. The molecule has 2 rings (SSSR count). The van der Waals surface area contributed by atoms with Crippen LogP contribution in [0.1, 0.15) is 13.8 Å². The average Bonchev–Trinajstić information content (AvgIpc) is 2.25. The van der Waals surface area contributed by atoms with E-state index in [4.69, 9.17) is 11.6 Å². The smallest absolute Gasteiger partial charge is 0.237 e. The van der Waals surface area contributed by atoms with Crippen molar-refractivity contribution in [2.24, 2.45) is 5.41 Å². The number of hydrogen-bond acceptors (Lipinski definition) is 2. The molecule has 0 aromatic heterocycles. The lowest BCUT2D eigenvalue weighted by Crippen LogP contribution is -2.71. The Morgan fingerprint density at radius 3 is 2.24 bits per heavy atom. The molecule has 1 aromatic rings. The quantitative estimate of drug-likeness (QED) is 0.756. The molecule has 0 bridgehead atoms. The van der Waals surface area contributed by atoms with Gasteiger partial charge < -0.3 is 0 Å². The van der Waals surface area contributed by atoms with E-state index in [9.17, 15) is 4.79 Å². The highest BCUT2D eigenvalue weighted by atomic mass is 35.5. The normalized spacial score (nSPS) is 22.8. The van der Waals surface area contributed by atoms with Gasteiger partial charge in [-0.25, -0.2) is 0 Å². The number of carbonyl (C=O) groups is 1. The molecule has 0 aliphatic carbocycles. The van der Waals surface area contributed by atoms with E-state index in [1.807, 2.05) is 57.1 Å². The molecule has 1 saturated heterocycles. The fraction of sp³-hybridized carbons (Fsp3) is 0.462. The van der Waals surface area contributed by atoms with Gasteiger partial charge in [-0.3, -0.25) is 14.6 Å².